The van der Waals surface area contributed by atoms with Gasteiger partial charge in [-0.25, -0.2) is 0 Å². The first-order valence-electron chi connectivity index (χ1n) is 6.33. The smallest absolute Gasteiger partial charge is 0.0661 e. The molecule has 2 unspecified atom stereocenters. The maximum atomic E-state index is 10.4. The van der Waals surface area contributed by atoms with Gasteiger partial charge in [0.15, 0.2) is 0 Å². The van der Waals surface area contributed by atoms with Crippen molar-refractivity contribution in [1.29, 1.82) is 0 Å². The van der Waals surface area contributed by atoms with Gasteiger partial charge in [-0.3, -0.25) is 0 Å². The second-order valence-corrected chi connectivity index (χ2v) is 5.00. The molecule has 2 heterocycles. The predicted molar refractivity (Wildman–Crippen MR) is 59.9 cm³/mol. The zero-order chi connectivity index (χ0) is 10.6. The van der Waals surface area contributed by atoms with E-state index in [1.165, 1.54) is 12.8 Å². The number of hydrogen-bond donors (Lipinski definition) is 2. The highest BCUT2D eigenvalue weighted by Gasteiger charge is 2.29. The molecule has 0 radical (unpaired) electrons. The lowest BCUT2D eigenvalue weighted by Gasteiger charge is -2.27. The van der Waals surface area contributed by atoms with E-state index in [1.54, 1.807) is 0 Å². The summed E-state index contributed by atoms with van der Waals surface area (Å²) in [6.07, 6.45) is 7.72. The van der Waals surface area contributed by atoms with Crippen molar-refractivity contribution in [3.05, 3.63) is 0 Å². The van der Waals surface area contributed by atoms with Crippen LogP contribution in [0, 0.1) is 0 Å². The molecule has 2 saturated heterocycles. The van der Waals surface area contributed by atoms with Gasteiger partial charge in [-0.1, -0.05) is 0 Å². The molecule has 0 bridgehead atoms. The van der Waals surface area contributed by atoms with E-state index in [4.69, 9.17) is 4.74 Å². The third-order valence-corrected chi connectivity index (χ3v) is 3.72. The first-order chi connectivity index (χ1) is 7.29. The molecule has 2 aliphatic rings. The van der Waals surface area contributed by atoms with Crippen LogP contribution in [0.25, 0.3) is 0 Å². The van der Waals surface area contributed by atoms with Crippen molar-refractivity contribution < 1.29 is 9.84 Å². The molecule has 0 aromatic rings. The molecule has 2 N–H and O–H groups in total. The third kappa shape index (κ3) is 3.44. The summed E-state index contributed by atoms with van der Waals surface area (Å²) in [5.74, 6) is 0. The molecular formula is C12H23NO2. The Morgan fingerprint density at radius 1 is 1.27 bits per heavy atom. The minimum atomic E-state index is -0.421. The maximum Gasteiger partial charge on any atom is 0.0661 e. The molecule has 3 heteroatoms. The van der Waals surface area contributed by atoms with Crippen LogP contribution in [0.1, 0.15) is 44.9 Å². The maximum absolute atomic E-state index is 10.4. The molecular weight excluding hydrogens is 190 g/mol. The van der Waals surface area contributed by atoms with Crippen LogP contribution in [0.2, 0.25) is 0 Å². The molecule has 3 nitrogen and oxygen atoms in total. The van der Waals surface area contributed by atoms with Gasteiger partial charge in [0.05, 0.1) is 11.7 Å². The van der Waals surface area contributed by atoms with Crippen molar-refractivity contribution in [2.24, 2.45) is 0 Å². The second-order valence-electron chi connectivity index (χ2n) is 5.00. The lowest BCUT2D eigenvalue weighted by Crippen LogP contribution is -2.31. The second kappa shape index (κ2) is 5.28. The summed E-state index contributed by atoms with van der Waals surface area (Å²) in [6.45, 7) is 2.94. The van der Waals surface area contributed by atoms with Gasteiger partial charge in [0.25, 0.3) is 0 Å². The molecule has 15 heavy (non-hydrogen) atoms. The molecule has 2 atom stereocenters. The normalized spacial score (nSPS) is 37.8. The van der Waals surface area contributed by atoms with E-state index in [0.29, 0.717) is 6.10 Å². The fourth-order valence-corrected chi connectivity index (χ4v) is 2.67. The Kier molecular flexibility index (Phi) is 4.00. The average molecular weight is 213 g/mol. The molecule has 0 aliphatic carbocycles. The molecule has 0 amide bonds. The van der Waals surface area contributed by atoms with Crippen molar-refractivity contribution in [3.8, 4) is 0 Å². The van der Waals surface area contributed by atoms with E-state index in [0.717, 1.165) is 51.8 Å². The van der Waals surface area contributed by atoms with Gasteiger partial charge >= 0.3 is 0 Å². The Bertz CT molecular complexity index is 182. The molecule has 0 saturated carbocycles. The van der Waals surface area contributed by atoms with Gasteiger partial charge in [0, 0.05) is 6.61 Å². The summed E-state index contributed by atoms with van der Waals surface area (Å²) >= 11 is 0. The highest BCUT2D eigenvalue weighted by molar-refractivity contribution is 4.83. The van der Waals surface area contributed by atoms with E-state index in [-0.39, 0.29) is 0 Å². The van der Waals surface area contributed by atoms with Crippen LogP contribution in [0.3, 0.4) is 0 Å². The van der Waals surface area contributed by atoms with Crippen LogP contribution in [0.4, 0.5) is 0 Å². The quantitative estimate of drug-likeness (QED) is 0.745. The molecule has 0 aromatic heterocycles. The van der Waals surface area contributed by atoms with Crippen LogP contribution in [-0.2, 0) is 4.74 Å². The van der Waals surface area contributed by atoms with Gasteiger partial charge in [-0.2, -0.15) is 0 Å². The molecule has 2 rings (SSSR count). The Morgan fingerprint density at radius 3 is 3.00 bits per heavy atom. The van der Waals surface area contributed by atoms with Gasteiger partial charge < -0.3 is 15.2 Å². The highest BCUT2D eigenvalue weighted by atomic mass is 16.5. The van der Waals surface area contributed by atoms with Crippen molar-refractivity contribution >= 4 is 0 Å². The van der Waals surface area contributed by atoms with E-state index in [9.17, 15) is 5.11 Å². The summed E-state index contributed by atoms with van der Waals surface area (Å²) < 4.78 is 5.59. The average Bonchev–Trinajstić information content (AvgIpc) is 2.65. The van der Waals surface area contributed by atoms with Gasteiger partial charge in [0.1, 0.15) is 0 Å². The van der Waals surface area contributed by atoms with Crippen LogP contribution >= 0.6 is 0 Å². The molecule has 0 spiro atoms. The third-order valence-electron chi connectivity index (χ3n) is 3.72. The van der Waals surface area contributed by atoms with E-state index in [1.807, 2.05) is 0 Å². The van der Waals surface area contributed by atoms with Gasteiger partial charge in [-0.05, 0) is 58.0 Å². The standard InChI is InChI=1S/C12H23NO2/c14-12(5-2-8-13-9-7-12)6-4-11-3-1-10-15-11/h11,13-14H,1-10H2. The SMILES string of the molecule is OC1(CCC2CCCO2)CCCNCC1. The fourth-order valence-electron chi connectivity index (χ4n) is 2.67. The lowest BCUT2D eigenvalue weighted by molar-refractivity contribution is 0.000963. The summed E-state index contributed by atoms with van der Waals surface area (Å²) in [4.78, 5) is 0. The Labute approximate surface area is 92.2 Å². The summed E-state index contributed by atoms with van der Waals surface area (Å²) in [5, 5.41) is 13.8. The zero-order valence-electron chi connectivity index (χ0n) is 9.50. The number of nitrogens with one attached hydrogen (secondary N) is 1. The van der Waals surface area contributed by atoms with Crippen LogP contribution < -0.4 is 5.32 Å². The van der Waals surface area contributed by atoms with E-state index < -0.39 is 5.60 Å². The lowest BCUT2D eigenvalue weighted by atomic mass is 9.88. The highest BCUT2D eigenvalue weighted by Crippen LogP contribution is 2.28. The van der Waals surface area contributed by atoms with Crippen LogP contribution in [-0.4, -0.2) is 36.5 Å². The molecule has 88 valence electrons. The molecule has 2 aliphatic heterocycles. The Hall–Kier alpha value is -0.120. The first-order valence-corrected chi connectivity index (χ1v) is 6.33. The number of ether oxygens (including phenoxy) is 1. The molecule has 2 fully saturated rings. The zero-order valence-corrected chi connectivity index (χ0v) is 9.50. The van der Waals surface area contributed by atoms with Crippen molar-refractivity contribution in [3.63, 3.8) is 0 Å². The first kappa shape index (κ1) is 11.4. The summed E-state index contributed by atoms with van der Waals surface area (Å²) in [6, 6.07) is 0. The van der Waals surface area contributed by atoms with Gasteiger partial charge in [0.2, 0.25) is 0 Å². The number of rotatable bonds is 3. The predicted octanol–water partition coefficient (Wildman–Crippen LogP) is 1.45. The summed E-state index contributed by atoms with van der Waals surface area (Å²) in [7, 11) is 0. The summed E-state index contributed by atoms with van der Waals surface area (Å²) in [5.41, 5.74) is -0.421. The number of hydrogen-bond acceptors (Lipinski definition) is 3. The minimum absolute atomic E-state index is 0.421. The fraction of sp³-hybridized carbons (Fsp3) is 1.00. The molecule has 0 aromatic carbocycles. The van der Waals surface area contributed by atoms with E-state index >= 15 is 0 Å². The van der Waals surface area contributed by atoms with E-state index in [2.05, 4.69) is 5.32 Å². The van der Waals surface area contributed by atoms with Crippen molar-refractivity contribution in [2.45, 2.75) is 56.7 Å². The largest absolute Gasteiger partial charge is 0.390 e. The van der Waals surface area contributed by atoms with Gasteiger partial charge in [-0.15, -0.1) is 0 Å². The van der Waals surface area contributed by atoms with Crippen molar-refractivity contribution in [2.75, 3.05) is 19.7 Å². The monoisotopic (exact) mass is 213 g/mol. The van der Waals surface area contributed by atoms with Crippen LogP contribution in [0.15, 0.2) is 0 Å². The topological polar surface area (TPSA) is 41.5 Å². The van der Waals surface area contributed by atoms with Crippen LogP contribution in [0.5, 0.6) is 0 Å². The minimum Gasteiger partial charge on any atom is -0.390 e. The number of aliphatic hydroxyl groups is 1. The van der Waals surface area contributed by atoms with Crippen molar-refractivity contribution in [1.82, 2.24) is 5.32 Å². The Morgan fingerprint density at radius 2 is 2.20 bits per heavy atom. The Balaban J connectivity index is 1.75.